The van der Waals surface area contributed by atoms with Crippen LogP contribution in [0, 0.1) is 0 Å². The van der Waals surface area contributed by atoms with Crippen LogP contribution >= 0.6 is 23.1 Å². The Morgan fingerprint density at radius 1 is 1.00 bits per heavy atom. The maximum Gasteiger partial charge on any atom is 0.0960 e. The maximum absolute atomic E-state index is 2.63. The van der Waals surface area contributed by atoms with Gasteiger partial charge < -0.3 is 4.90 Å². The van der Waals surface area contributed by atoms with Gasteiger partial charge in [0.05, 0.1) is 10.4 Å². The predicted molar refractivity (Wildman–Crippen MR) is 104 cm³/mol. The molecule has 1 atom stereocenters. The molecule has 0 saturated heterocycles. The van der Waals surface area contributed by atoms with Crippen molar-refractivity contribution in [2.75, 3.05) is 4.90 Å². The molecule has 0 spiro atoms. The van der Waals surface area contributed by atoms with Crippen LogP contribution in [0.15, 0.2) is 28.6 Å². The van der Waals surface area contributed by atoms with Crippen molar-refractivity contribution in [3.63, 3.8) is 0 Å². The van der Waals surface area contributed by atoms with Crippen LogP contribution in [0.4, 0.5) is 5.00 Å². The van der Waals surface area contributed by atoms with Crippen LogP contribution in [0.1, 0.15) is 78.1 Å². The molecule has 1 aliphatic rings. The van der Waals surface area contributed by atoms with Gasteiger partial charge in [0.15, 0.2) is 0 Å². The van der Waals surface area contributed by atoms with Gasteiger partial charge in [-0.2, -0.15) is 0 Å². The monoisotopic (exact) mass is 337 g/mol. The fraction of sp³-hybridized carbons (Fsp3) is 0.684. The van der Waals surface area contributed by atoms with Gasteiger partial charge in [-0.15, -0.1) is 23.1 Å². The SMILES string of the molecule is CCCCCCC1=CSC(CCCCCC)N1c1cccs1. The van der Waals surface area contributed by atoms with Crippen molar-refractivity contribution in [3.05, 3.63) is 28.6 Å². The van der Waals surface area contributed by atoms with Crippen molar-refractivity contribution < 1.29 is 0 Å². The van der Waals surface area contributed by atoms with Crippen LogP contribution in [-0.4, -0.2) is 5.37 Å². The second-order valence-corrected chi connectivity index (χ2v) is 8.16. The highest BCUT2D eigenvalue weighted by molar-refractivity contribution is 8.03. The smallest absolute Gasteiger partial charge is 0.0960 e. The van der Waals surface area contributed by atoms with Gasteiger partial charge in [0.1, 0.15) is 0 Å². The lowest BCUT2D eigenvalue weighted by Gasteiger charge is -2.28. The van der Waals surface area contributed by atoms with Crippen LogP contribution in [0.5, 0.6) is 0 Å². The maximum atomic E-state index is 2.63. The summed E-state index contributed by atoms with van der Waals surface area (Å²) in [6, 6.07) is 4.47. The van der Waals surface area contributed by atoms with E-state index in [4.69, 9.17) is 0 Å². The Balaban J connectivity index is 1.89. The van der Waals surface area contributed by atoms with Gasteiger partial charge in [0, 0.05) is 5.70 Å². The molecule has 0 N–H and O–H groups in total. The molecule has 124 valence electrons. The highest BCUT2D eigenvalue weighted by atomic mass is 32.2. The summed E-state index contributed by atoms with van der Waals surface area (Å²) in [6.45, 7) is 4.58. The van der Waals surface area contributed by atoms with E-state index in [9.17, 15) is 0 Å². The molecule has 1 aromatic rings. The molecule has 0 radical (unpaired) electrons. The zero-order chi connectivity index (χ0) is 15.6. The van der Waals surface area contributed by atoms with Gasteiger partial charge in [0.2, 0.25) is 0 Å². The summed E-state index contributed by atoms with van der Waals surface area (Å²) in [5.74, 6) is 0. The number of rotatable bonds is 11. The van der Waals surface area contributed by atoms with Gasteiger partial charge in [-0.25, -0.2) is 0 Å². The first-order chi connectivity index (χ1) is 10.9. The number of hydrogen-bond acceptors (Lipinski definition) is 3. The molecule has 1 aromatic heterocycles. The first kappa shape index (κ1) is 17.9. The van der Waals surface area contributed by atoms with Crippen molar-refractivity contribution in [1.29, 1.82) is 0 Å². The van der Waals surface area contributed by atoms with Crippen molar-refractivity contribution in [1.82, 2.24) is 0 Å². The zero-order valence-electron chi connectivity index (χ0n) is 14.2. The number of hydrogen-bond donors (Lipinski definition) is 0. The summed E-state index contributed by atoms with van der Waals surface area (Å²) in [6.07, 6.45) is 13.4. The van der Waals surface area contributed by atoms with E-state index in [1.54, 1.807) is 5.70 Å². The largest absolute Gasteiger partial charge is 0.324 e. The molecular weight excluding hydrogens is 306 g/mol. The van der Waals surface area contributed by atoms with Crippen molar-refractivity contribution in [3.8, 4) is 0 Å². The van der Waals surface area contributed by atoms with E-state index in [0.29, 0.717) is 5.37 Å². The van der Waals surface area contributed by atoms with Gasteiger partial charge in [-0.3, -0.25) is 0 Å². The van der Waals surface area contributed by atoms with Gasteiger partial charge in [-0.05, 0) is 42.2 Å². The van der Waals surface area contributed by atoms with Crippen LogP contribution in [-0.2, 0) is 0 Å². The zero-order valence-corrected chi connectivity index (χ0v) is 15.9. The Morgan fingerprint density at radius 2 is 1.77 bits per heavy atom. The van der Waals surface area contributed by atoms with Gasteiger partial charge >= 0.3 is 0 Å². The lowest BCUT2D eigenvalue weighted by atomic mass is 10.1. The van der Waals surface area contributed by atoms with Crippen LogP contribution in [0.2, 0.25) is 0 Å². The molecule has 1 unspecified atom stereocenters. The Hall–Kier alpha value is -0.410. The minimum absolute atomic E-state index is 0.636. The summed E-state index contributed by atoms with van der Waals surface area (Å²) >= 11 is 3.94. The van der Waals surface area contributed by atoms with E-state index in [1.807, 2.05) is 23.1 Å². The molecule has 0 amide bonds. The second-order valence-electron chi connectivity index (χ2n) is 6.18. The number of unbranched alkanes of at least 4 members (excludes halogenated alkanes) is 6. The summed E-state index contributed by atoms with van der Waals surface area (Å²) in [7, 11) is 0. The van der Waals surface area contributed by atoms with E-state index < -0.39 is 0 Å². The quantitative estimate of drug-likeness (QED) is 0.387. The summed E-state index contributed by atoms with van der Waals surface area (Å²) < 4.78 is 0. The number of thioether (sulfide) groups is 1. The minimum atomic E-state index is 0.636. The average molecular weight is 338 g/mol. The Morgan fingerprint density at radius 3 is 2.45 bits per heavy atom. The van der Waals surface area contributed by atoms with Crippen LogP contribution < -0.4 is 4.90 Å². The standard InChI is InChI=1S/C19H31NS2/c1-3-5-7-9-12-17-16-22-19(13-10-8-6-4-2)20(17)18-14-11-15-21-18/h11,14-16,19H,3-10,12-13H2,1-2H3. The summed E-state index contributed by atoms with van der Waals surface area (Å²) in [4.78, 5) is 2.63. The van der Waals surface area contributed by atoms with Crippen LogP contribution in [0.25, 0.3) is 0 Å². The Bertz CT molecular complexity index is 425. The lowest BCUT2D eigenvalue weighted by molar-refractivity contribution is 0.606. The molecule has 0 fully saturated rings. The van der Waals surface area contributed by atoms with E-state index >= 15 is 0 Å². The number of thiophene rings is 1. The Kier molecular flexibility index (Phi) is 8.46. The van der Waals surface area contributed by atoms with E-state index in [1.165, 1.54) is 69.2 Å². The van der Waals surface area contributed by atoms with Gasteiger partial charge in [0.25, 0.3) is 0 Å². The Labute approximate surface area is 145 Å². The molecule has 3 heteroatoms. The molecule has 2 rings (SSSR count). The van der Waals surface area contributed by atoms with E-state index in [-0.39, 0.29) is 0 Å². The highest BCUT2D eigenvalue weighted by Gasteiger charge is 2.27. The topological polar surface area (TPSA) is 3.24 Å². The third-order valence-electron chi connectivity index (χ3n) is 4.29. The molecule has 1 aliphatic heterocycles. The molecule has 22 heavy (non-hydrogen) atoms. The third kappa shape index (κ3) is 5.34. The van der Waals surface area contributed by atoms with E-state index in [0.717, 1.165) is 0 Å². The fourth-order valence-electron chi connectivity index (χ4n) is 3.01. The lowest BCUT2D eigenvalue weighted by Crippen LogP contribution is -2.27. The molecule has 0 aliphatic carbocycles. The fourth-order valence-corrected chi connectivity index (χ4v) is 5.10. The van der Waals surface area contributed by atoms with Gasteiger partial charge in [-0.1, -0.05) is 58.8 Å². The first-order valence-electron chi connectivity index (χ1n) is 9.04. The van der Waals surface area contributed by atoms with Crippen molar-refractivity contribution in [2.45, 2.75) is 83.4 Å². The van der Waals surface area contributed by atoms with E-state index in [2.05, 4.69) is 41.7 Å². The normalized spacial score (nSPS) is 18.0. The number of anilines is 1. The predicted octanol–water partition coefficient (Wildman–Crippen LogP) is 7.41. The van der Waals surface area contributed by atoms with Crippen molar-refractivity contribution in [2.24, 2.45) is 0 Å². The molecule has 0 aromatic carbocycles. The molecule has 1 nitrogen and oxygen atoms in total. The van der Waals surface area contributed by atoms with Crippen molar-refractivity contribution >= 4 is 28.1 Å². The minimum Gasteiger partial charge on any atom is -0.324 e. The summed E-state index contributed by atoms with van der Waals surface area (Å²) in [5.41, 5.74) is 1.56. The first-order valence-corrected chi connectivity index (χ1v) is 10.9. The van der Waals surface area contributed by atoms with Crippen LogP contribution in [0.3, 0.4) is 0 Å². The average Bonchev–Trinajstić information content (AvgIpc) is 3.17. The second kappa shape index (κ2) is 10.4. The molecule has 0 saturated carbocycles. The number of nitrogens with zero attached hydrogens (tertiary/aromatic N) is 1. The molecular formula is C19H31NS2. The molecule has 2 heterocycles. The number of allylic oxidation sites excluding steroid dienone is 1. The highest BCUT2D eigenvalue weighted by Crippen LogP contribution is 2.41. The third-order valence-corrected chi connectivity index (χ3v) is 6.33. The molecule has 0 bridgehead atoms. The summed E-state index contributed by atoms with van der Waals surface area (Å²) in [5, 5.41) is 6.72.